The van der Waals surface area contributed by atoms with Crippen LogP contribution in [-0.2, 0) is 4.79 Å². The predicted molar refractivity (Wildman–Crippen MR) is 139 cm³/mol. The van der Waals surface area contributed by atoms with Crippen LogP contribution in [0, 0.1) is 23.7 Å². The highest BCUT2D eigenvalue weighted by molar-refractivity contribution is 6.21. The van der Waals surface area contributed by atoms with Crippen molar-refractivity contribution >= 4 is 23.6 Å². The monoisotopic (exact) mass is 518 g/mol. The number of ether oxygens (including phenoxy) is 1. The summed E-state index contributed by atoms with van der Waals surface area (Å²) < 4.78 is 6.66. The predicted octanol–water partition coefficient (Wildman–Crippen LogP) is 4.13. The fraction of sp³-hybridized carbons (Fsp3) is 0.467. The second-order valence-corrected chi connectivity index (χ2v) is 11.3. The molecule has 2 aromatic carbocycles. The first-order chi connectivity index (χ1) is 18.1. The third-order valence-electron chi connectivity index (χ3n) is 8.36. The van der Waals surface area contributed by atoms with Gasteiger partial charge in [-0.25, -0.2) is 4.90 Å². The molecule has 0 aromatic heterocycles. The molecule has 1 spiro atoms. The Morgan fingerprint density at radius 1 is 0.947 bits per heavy atom. The lowest BCUT2D eigenvalue weighted by Gasteiger charge is -2.55. The zero-order valence-corrected chi connectivity index (χ0v) is 22.2. The van der Waals surface area contributed by atoms with E-state index in [0.29, 0.717) is 12.2 Å². The van der Waals surface area contributed by atoms with Crippen molar-refractivity contribution in [3.8, 4) is 5.75 Å². The summed E-state index contributed by atoms with van der Waals surface area (Å²) in [5, 5.41) is 10.8. The van der Waals surface area contributed by atoms with Crippen molar-refractivity contribution in [1.82, 2.24) is 9.80 Å². The molecule has 2 heterocycles. The summed E-state index contributed by atoms with van der Waals surface area (Å²) in [6.45, 7) is 7.31. The van der Waals surface area contributed by atoms with Crippen LogP contribution in [0.4, 0.5) is 0 Å². The van der Waals surface area contributed by atoms with Gasteiger partial charge in [-0.2, -0.15) is 0 Å². The Hall–Kier alpha value is -3.52. The topological polar surface area (TPSA) is 104 Å². The highest BCUT2D eigenvalue weighted by Gasteiger charge is 2.59. The second-order valence-electron chi connectivity index (χ2n) is 11.3. The van der Waals surface area contributed by atoms with Gasteiger partial charge in [-0.1, -0.05) is 45.0 Å². The Morgan fingerprint density at radius 3 is 2.11 bits per heavy atom. The lowest BCUT2D eigenvalue weighted by atomic mass is 9.69. The quantitative estimate of drug-likeness (QED) is 0.597. The number of aliphatic hydroxyl groups is 1. The normalized spacial score (nSPS) is 26.3. The Balaban J connectivity index is 1.57. The lowest BCUT2D eigenvalue weighted by molar-refractivity contribution is -0.181. The number of hydrogen-bond donors (Lipinski definition) is 1. The highest BCUT2D eigenvalue weighted by atomic mass is 16.5. The first-order valence-corrected chi connectivity index (χ1v) is 13.4. The summed E-state index contributed by atoms with van der Waals surface area (Å²) in [4.78, 5) is 56.8. The molecule has 5 atom stereocenters. The smallest absolute Gasteiger partial charge is 0.267 e. The molecule has 2 aliphatic heterocycles. The van der Waals surface area contributed by atoms with Gasteiger partial charge in [0.1, 0.15) is 5.75 Å². The highest BCUT2D eigenvalue weighted by Crippen LogP contribution is 2.50. The van der Waals surface area contributed by atoms with Gasteiger partial charge in [0.2, 0.25) is 5.91 Å². The average molecular weight is 519 g/mol. The summed E-state index contributed by atoms with van der Waals surface area (Å²) in [5.74, 6) is -2.76. The number of nitrogens with zero attached hydrogens (tertiary/aromatic N) is 2. The van der Waals surface area contributed by atoms with Crippen molar-refractivity contribution in [2.45, 2.75) is 58.8 Å². The summed E-state index contributed by atoms with van der Waals surface area (Å²) in [5.41, 5.74) is -0.433. The van der Waals surface area contributed by atoms with Gasteiger partial charge in [-0.15, -0.1) is 0 Å². The van der Waals surface area contributed by atoms with E-state index in [-0.39, 0.29) is 41.0 Å². The van der Waals surface area contributed by atoms with Crippen molar-refractivity contribution in [3.05, 3.63) is 65.2 Å². The molecule has 2 aromatic rings. The van der Waals surface area contributed by atoms with Crippen LogP contribution in [0.5, 0.6) is 5.75 Å². The number of para-hydroxylation sites is 1. The molecule has 1 aliphatic carbocycles. The van der Waals surface area contributed by atoms with E-state index in [1.54, 1.807) is 48.5 Å². The molecular formula is C30H34N2O6. The molecule has 8 heteroatoms. The number of aliphatic hydroxyl groups excluding tert-OH is 1. The van der Waals surface area contributed by atoms with Gasteiger partial charge in [0, 0.05) is 18.9 Å². The molecule has 200 valence electrons. The van der Waals surface area contributed by atoms with Crippen LogP contribution in [0.3, 0.4) is 0 Å². The van der Waals surface area contributed by atoms with Crippen molar-refractivity contribution in [1.29, 1.82) is 0 Å². The molecule has 0 radical (unpaired) electrons. The number of benzene rings is 2. The fourth-order valence-electron chi connectivity index (χ4n) is 6.42. The Kier molecular flexibility index (Phi) is 6.63. The minimum atomic E-state index is -1.23. The molecule has 1 unspecified atom stereocenters. The summed E-state index contributed by atoms with van der Waals surface area (Å²) in [7, 11) is 0. The van der Waals surface area contributed by atoms with Gasteiger partial charge in [0.05, 0.1) is 28.7 Å². The number of amides is 4. The fourth-order valence-corrected chi connectivity index (χ4v) is 6.42. The number of imide groups is 2. The zero-order chi connectivity index (χ0) is 27.4. The van der Waals surface area contributed by atoms with Crippen molar-refractivity contribution in [2.75, 3.05) is 6.54 Å². The van der Waals surface area contributed by atoms with Gasteiger partial charge in [0.15, 0.2) is 5.72 Å². The van der Waals surface area contributed by atoms with E-state index < -0.39 is 41.4 Å². The van der Waals surface area contributed by atoms with Crippen LogP contribution in [0.2, 0.25) is 0 Å². The van der Waals surface area contributed by atoms with Crippen molar-refractivity contribution in [2.24, 2.45) is 23.7 Å². The molecule has 5 rings (SSSR count). The van der Waals surface area contributed by atoms with Gasteiger partial charge < -0.3 is 9.84 Å². The first-order valence-electron chi connectivity index (χ1n) is 13.4. The van der Waals surface area contributed by atoms with E-state index in [1.807, 2.05) is 0 Å². The Bertz CT molecular complexity index is 1270. The van der Waals surface area contributed by atoms with Crippen LogP contribution in [-0.4, -0.2) is 56.9 Å². The van der Waals surface area contributed by atoms with E-state index in [2.05, 4.69) is 20.8 Å². The van der Waals surface area contributed by atoms with Crippen molar-refractivity contribution < 1.29 is 29.0 Å². The van der Waals surface area contributed by atoms with Crippen molar-refractivity contribution in [3.63, 3.8) is 0 Å². The molecule has 1 fully saturated rings. The largest absolute Gasteiger partial charge is 0.466 e. The third-order valence-corrected chi connectivity index (χ3v) is 8.36. The van der Waals surface area contributed by atoms with E-state index in [9.17, 15) is 24.3 Å². The molecule has 8 nitrogen and oxygen atoms in total. The minimum absolute atomic E-state index is 0.108. The van der Waals surface area contributed by atoms with Gasteiger partial charge in [-0.3, -0.25) is 24.1 Å². The minimum Gasteiger partial charge on any atom is -0.466 e. The van der Waals surface area contributed by atoms with Gasteiger partial charge in [-0.05, 0) is 55.9 Å². The molecule has 4 amide bonds. The third kappa shape index (κ3) is 4.02. The maximum absolute atomic E-state index is 14.4. The van der Waals surface area contributed by atoms with Gasteiger partial charge >= 0.3 is 0 Å². The molecule has 0 bridgehead atoms. The second kappa shape index (κ2) is 9.66. The molecule has 1 N–H and O–H groups in total. The van der Waals surface area contributed by atoms with E-state index in [0.717, 1.165) is 17.7 Å². The van der Waals surface area contributed by atoms with Crippen LogP contribution >= 0.6 is 0 Å². The Labute approximate surface area is 222 Å². The Morgan fingerprint density at radius 2 is 1.53 bits per heavy atom. The van der Waals surface area contributed by atoms with Crippen LogP contribution in [0.15, 0.2) is 48.5 Å². The average Bonchev–Trinajstić information content (AvgIpc) is 3.11. The maximum atomic E-state index is 14.4. The lowest BCUT2D eigenvalue weighted by Crippen LogP contribution is -2.69. The van der Waals surface area contributed by atoms with E-state index >= 15 is 0 Å². The van der Waals surface area contributed by atoms with Crippen LogP contribution < -0.4 is 4.74 Å². The number of fused-ring (bicyclic) bond motifs is 2. The van der Waals surface area contributed by atoms with Gasteiger partial charge in [0.25, 0.3) is 17.7 Å². The first kappa shape index (κ1) is 26.1. The summed E-state index contributed by atoms with van der Waals surface area (Å²) in [6, 6.07) is 13.4. The SMILES string of the molecule is CC(C)[C@@H]1CC[C@@H](C)CC12Oc1ccccc1C(=O)N2C(=O)[C@@H](CN1C(=O)c2ccccc2C1=O)[C@@H](C)O. The standard InChI is InChI=1S/C30H34N2O6/c1-17(2)24-14-13-18(3)15-30(24)32(28(36)22-11-7-8-12-25(22)38-30)29(37)23(19(4)33)16-31-26(34)20-9-5-6-10-21(20)27(31)35/h5-12,17-19,23-24,33H,13-16H2,1-4H3/t18-,19-,23+,24+,30?/m1/s1. The maximum Gasteiger partial charge on any atom is 0.267 e. The molecule has 1 saturated carbocycles. The number of carbonyl (C=O) groups excluding carboxylic acids is 4. The molecule has 3 aliphatic rings. The van der Waals surface area contributed by atoms with E-state index in [4.69, 9.17) is 4.74 Å². The number of hydrogen-bond acceptors (Lipinski definition) is 6. The van der Waals surface area contributed by atoms with Crippen LogP contribution in [0.25, 0.3) is 0 Å². The molecular weight excluding hydrogens is 484 g/mol. The molecule has 38 heavy (non-hydrogen) atoms. The summed E-state index contributed by atoms with van der Waals surface area (Å²) >= 11 is 0. The molecule has 0 saturated heterocycles. The number of carbonyl (C=O) groups is 4. The zero-order valence-electron chi connectivity index (χ0n) is 22.2. The van der Waals surface area contributed by atoms with E-state index in [1.165, 1.54) is 11.8 Å². The summed E-state index contributed by atoms with van der Waals surface area (Å²) in [6.07, 6.45) is 0.949. The van der Waals surface area contributed by atoms with Crippen LogP contribution in [0.1, 0.15) is 78.0 Å². The number of rotatable bonds is 5.